The monoisotopic (exact) mass is 557 g/mol. The number of carbonyl (C=O) groups is 2. The summed E-state index contributed by atoms with van der Waals surface area (Å²) in [5.74, 6) is 0.458. The topological polar surface area (TPSA) is 65.1 Å². The average molecular weight is 557 g/mol. The number of imide groups is 1. The van der Waals surface area contributed by atoms with Gasteiger partial charge in [-0.1, -0.05) is 12.1 Å². The van der Waals surface area contributed by atoms with Gasteiger partial charge in [0.2, 0.25) is 0 Å². The lowest BCUT2D eigenvalue weighted by molar-refractivity contribution is -0.123. The molecular weight excluding hydrogens is 536 g/mol. The maximum atomic E-state index is 13.1. The van der Waals surface area contributed by atoms with Crippen molar-refractivity contribution in [3.05, 3.63) is 61.8 Å². The van der Waals surface area contributed by atoms with E-state index in [4.69, 9.17) is 14.2 Å². The summed E-state index contributed by atoms with van der Waals surface area (Å²) in [6.07, 6.45) is 1.67. The Morgan fingerprint density at radius 2 is 1.90 bits per heavy atom. The van der Waals surface area contributed by atoms with E-state index < -0.39 is 0 Å². The molecule has 1 fully saturated rings. The number of hydrogen-bond donors (Lipinski definition) is 0. The lowest BCUT2D eigenvalue weighted by Crippen LogP contribution is -2.31. The van der Waals surface area contributed by atoms with Gasteiger partial charge in [-0.2, -0.15) is 0 Å². The molecule has 0 N–H and O–H groups in total. The summed E-state index contributed by atoms with van der Waals surface area (Å²) in [4.78, 5) is 26.2. The molecule has 164 valence electrons. The second-order valence-electron chi connectivity index (χ2n) is 6.50. The molecule has 31 heavy (non-hydrogen) atoms. The zero-order valence-electron chi connectivity index (χ0n) is 17.0. The Morgan fingerprint density at radius 3 is 2.58 bits per heavy atom. The zero-order chi connectivity index (χ0) is 22.4. The number of thioether (sulfide) groups is 1. The van der Waals surface area contributed by atoms with Crippen molar-refractivity contribution in [1.82, 2.24) is 4.90 Å². The minimum atomic E-state index is -0.336. The van der Waals surface area contributed by atoms with Crippen LogP contribution >= 0.6 is 34.4 Å². The number of benzene rings is 2. The molecule has 1 aliphatic rings. The van der Waals surface area contributed by atoms with Gasteiger partial charge >= 0.3 is 0 Å². The molecule has 0 atom stereocenters. The fourth-order valence-corrected chi connectivity index (χ4v) is 4.48. The van der Waals surface area contributed by atoms with Crippen molar-refractivity contribution in [2.24, 2.45) is 0 Å². The predicted molar refractivity (Wildman–Crippen MR) is 126 cm³/mol. The standard InChI is InChI=1S/C22H21FINO5S/c1-3-29-18-11-15(12-19-21(26)25(8-9-28-2)22(27)31-19)10-17(24)20(18)30-13-14-4-6-16(23)7-5-14/h4-7,10-12H,3,8-9,13H2,1-2H3/b19-12+. The van der Waals surface area contributed by atoms with Crippen LogP contribution in [0.25, 0.3) is 6.08 Å². The molecule has 0 radical (unpaired) electrons. The number of carbonyl (C=O) groups excluding carboxylic acids is 2. The molecule has 3 rings (SSSR count). The third-order valence-corrected chi connectivity index (χ3v) is 6.03. The van der Waals surface area contributed by atoms with Crippen molar-refractivity contribution >= 4 is 51.6 Å². The molecule has 0 bridgehead atoms. The highest BCUT2D eigenvalue weighted by Gasteiger charge is 2.34. The van der Waals surface area contributed by atoms with Gasteiger partial charge in [-0.15, -0.1) is 0 Å². The first-order valence-corrected chi connectivity index (χ1v) is 11.4. The van der Waals surface area contributed by atoms with E-state index in [2.05, 4.69) is 22.6 Å². The Balaban J connectivity index is 1.82. The highest BCUT2D eigenvalue weighted by molar-refractivity contribution is 14.1. The number of ether oxygens (including phenoxy) is 3. The van der Waals surface area contributed by atoms with Gasteiger partial charge < -0.3 is 14.2 Å². The number of methoxy groups -OCH3 is 1. The Hall–Kier alpha value is -2.11. The molecule has 1 saturated heterocycles. The average Bonchev–Trinajstić information content (AvgIpc) is 3.00. The summed E-state index contributed by atoms with van der Waals surface area (Å²) in [7, 11) is 1.52. The second kappa shape index (κ2) is 11.0. The fraction of sp³-hybridized carbons (Fsp3) is 0.273. The molecule has 1 heterocycles. The molecule has 9 heteroatoms. The van der Waals surface area contributed by atoms with Gasteiger partial charge in [-0.25, -0.2) is 4.39 Å². The van der Waals surface area contributed by atoms with E-state index in [1.165, 1.54) is 24.1 Å². The van der Waals surface area contributed by atoms with Crippen LogP contribution in [0.4, 0.5) is 9.18 Å². The van der Waals surface area contributed by atoms with Crippen molar-refractivity contribution in [2.45, 2.75) is 13.5 Å². The Morgan fingerprint density at radius 1 is 1.16 bits per heavy atom. The van der Waals surface area contributed by atoms with E-state index in [0.29, 0.717) is 23.0 Å². The van der Waals surface area contributed by atoms with Crippen LogP contribution in [-0.2, 0) is 16.1 Å². The lowest BCUT2D eigenvalue weighted by Gasteiger charge is -2.15. The van der Waals surface area contributed by atoms with Crippen LogP contribution in [0.5, 0.6) is 11.5 Å². The largest absolute Gasteiger partial charge is 0.490 e. The van der Waals surface area contributed by atoms with Crippen molar-refractivity contribution < 1.29 is 28.2 Å². The smallest absolute Gasteiger partial charge is 0.293 e. The van der Waals surface area contributed by atoms with Gasteiger partial charge in [-0.05, 0) is 82.7 Å². The van der Waals surface area contributed by atoms with Crippen LogP contribution in [0, 0.1) is 9.39 Å². The van der Waals surface area contributed by atoms with Gasteiger partial charge in [0.1, 0.15) is 12.4 Å². The molecule has 2 amide bonds. The zero-order valence-corrected chi connectivity index (χ0v) is 20.0. The summed E-state index contributed by atoms with van der Waals surface area (Å²) in [6.45, 7) is 3.06. The van der Waals surface area contributed by atoms with Crippen molar-refractivity contribution in [2.75, 3.05) is 26.9 Å². The number of rotatable bonds is 9. The minimum absolute atomic E-state index is 0.219. The summed E-state index contributed by atoms with van der Waals surface area (Å²) in [5, 5.41) is -0.313. The summed E-state index contributed by atoms with van der Waals surface area (Å²) >= 11 is 3.04. The van der Waals surface area contributed by atoms with Gasteiger partial charge in [-0.3, -0.25) is 14.5 Å². The van der Waals surface area contributed by atoms with E-state index in [1.807, 2.05) is 13.0 Å². The quantitative estimate of drug-likeness (QED) is 0.316. The molecular formula is C22H21FINO5S. The Kier molecular flexibility index (Phi) is 8.33. The first kappa shape index (κ1) is 23.6. The molecule has 1 aliphatic heterocycles. The van der Waals surface area contributed by atoms with Crippen LogP contribution in [0.15, 0.2) is 41.3 Å². The number of nitrogens with zero attached hydrogens (tertiary/aromatic N) is 1. The van der Waals surface area contributed by atoms with Gasteiger partial charge in [0.15, 0.2) is 11.5 Å². The number of amides is 2. The van der Waals surface area contributed by atoms with Crippen LogP contribution < -0.4 is 9.47 Å². The summed E-state index contributed by atoms with van der Waals surface area (Å²) in [6, 6.07) is 9.72. The van der Waals surface area contributed by atoms with Gasteiger partial charge in [0.05, 0.1) is 28.2 Å². The van der Waals surface area contributed by atoms with Crippen LogP contribution in [0.1, 0.15) is 18.1 Å². The van der Waals surface area contributed by atoms with Crippen LogP contribution in [0.2, 0.25) is 0 Å². The van der Waals surface area contributed by atoms with Crippen molar-refractivity contribution in [3.8, 4) is 11.5 Å². The first-order valence-electron chi connectivity index (χ1n) is 9.50. The maximum Gasteiger partial charge on any atom is 0.293 e. The minimum Gasteiger partial charge on any atom is -0.490 e. The van der Waals surface area contributed by atoms with E-state index in [0.717, 1.165) is 26.5 Å². The second-order valence-corrected chi connectivity index (χ2v) is 8.66. The summed E-state index contributed by atoms with van der Waals surface area (Å²) in [5.41, 5.74) is 1.55. The molecule has 0 spiro atoms. The molecule has 0 saturated carbocycles. The molecule has 0 unspecified atom stereocenters. The fourth-order valence-electron chi connectivity index (χ4n) is 2.84. The number of halogens is 2. The third-order valence-electron chi connectivity index (χ3n) is 4.32. The molecule has 0 aromatic heterocycles. The van der Waals surface area contributed by atoms with Gasteiger partial charge in [0.25, 0.3) is 11.1 Å². The van der Waals surface area contributed by atoms with Crippen molar-refractivity contribution in [1.29, 1.82) is 0 Å². The van der Waals surface area contributed by atoms with E-state index in [-0.39, 0.29) is 36.7 Å². The molecule has 2 aromatic carbocycles. The highest BCUT2D eigenvalue weighted by atomic mass is 127. The van der Waals surface area contributed by atoms with E-state index in [1.54, 1.807) is 24.3 Å². The number of hydrogen-bond acceptors (Lipinski definition) is 6. The Bertz CT molecular complexity index is 996. The van der Waals surface area contributed by atoms with Crippen LogP contribution in [-0.4, -0.2) is 42.9 Å². The Labute approximate surface area is 197 Å². The molecule has 6 nitrogen and oxygen atoms in total. The summed E-state index contributed by atoms with van der Waals surface area (Å²) < 4.78 is 30.5. The highest BCUT2D eigenvalue weighted by Crippen LogP contribution is 2.37. The SMILES string of the molecule is CCOc1cc(/C=C2/SC(=O)N(CCOC)C2=O)cc(I)c1OCc1ccc(F)cc1. The van der Waals surface area contributed by atoms with E-state index >= 15 is 0 Å². The normalized spacial score (nSPS) is 15.1. The van der Waals surface area contributed by atoms with Gasteiger partial charge in [0, 0.05) is 7.11 Å². The third kappa shape index (κ3) is 5.98. The van der Waals surface area contributed by atoms with Crippen molar-refractivity contribution in [3.63, 3.8) is 0 Å². The first-order chi connectivity index (χ1) is 14.9. The van der Waals surface area contributed by atoms with E-state index in [9.17, 15) is 14.0 Å². The van der Waals surface area contributed by atoms with Crippen LogP contribution in [0.3, 0.4) is 0 Å². The lowest BCUT2D eigenvalue weighted by atomic mass is 10.1. The maximum absolute atomic E-state index is 13.1. The molecule has 2 aromatic rings. The predicted octanol–water partition coefficient (Wildman–Crippen LogP) is 5.09. The molecule has 0 aliphatic carbocycles.